The van der Waals surface area contributed by atoms with E-state index in [0.717, 1.165) is 11.1 Å². The van der Waals surface area contributed by atoms with Crippen molar-refractivity contribution >= 4 is 0 Å². The molecule has 31 heavy (non-hydrogen) atoms. The van der Waals surface area contributed by atoms with Crippen LogP contribution < -0.4 is 14.2 Å². The Bertz CT molecular complexity index is 1010. The van der Waals surface area contributed by atoms with Crippen LogP contribution >= 0.6 is 0 Å². The van der Waals surface area contributed by atoms with Gasteiger partial charge < -0.3 is 23.8 Å². The number of ether oxygens (including phenoxy) is 3. The summed E-state index contributed by atoms with van der Waals surface area (Å²) in [5.41, 5.74) is 2.04. The highest BCUT2D eigenvalue weighted by molar-refractivity contribution is 5.55. The monoisotopic (exact) mass is 425 g/mol. The second kappa shape index (κ2) is 9.36. The van der Waals surface area contributed by atoms with Crippen LogP contribution in [0, 0.1) is 0 Å². The van der Waals surface area contributed by atoms with Crippen LogP contribution in [0.15, 0.2) is 47.0 Å². The molecule has 0 amide bonds. The van der Waals surface area contributed by atoms with Crippen molar-refractivity contribution in [3.05, 3.63) is 65.3 Å². The van der Waals surface area contributed by atoms with Crippen LogP contribution in [0.5, 0.6) is 17.2 Å². The zero-order valence-electron chi connectivity index (χ0n) is 17.9. The van der Waals surface area contributed by atoms with Gasteiger partial charge in [-0.15, -0.1) is 0 Å². The standard InChI is InChI=1S/C23H27N3O5/c1-28-19-10-9-16(21(29-2)22(19)30-3)13-26-14-17(27)12-18(26)23-24-20(25-31-23)11-15-7-5-4-6-8-15/h4-10,17-18,27H,11-14H2,1-3H3/t17-,18+/m1/s1. The summed E-state index contributed by atoms with van der Waals surface area (Å²) in [4.78, 5) is 6.73. The maximum absolute atomic E-state index is 10.4. The van der Waals surface area contributed by atoms with Crippen molar-refractivity contribution in [1.29, 1.82) is 0 Å². The van der Waals surface area contributed by atoms with Crippen LogP contribution in [0.1, 0.15) is 35.3 Å². The summed E-state index contributed by atoms with van der Waals surface area (Å²) >= 11 is 0. The van der Waals surface area contributed by atoms with Gasteiger partial charge in [-0.05, 0) is 18.1 Å². The first kappa shape index (κ1) is 21.1. The van der Waals surface area contributed by atoms with Gasteiger partial charge in [0.25, 0.3) is 0 Å². The minimum Gasteiger partial charge on any atom is -0.493 e. The lowest BCUT2D eigenvalue weighted by Gasteiger charge is -2.23. The summed E-state index contributed by atoms with van der Waals surface area (Å²) in [6, 6.07) is 13.6. The summed E-state index contributed by atoms with van der Waals surface area (Å²) in [6.07, 6.45) is 0.659. The van der Waals surface area contributed by atoms with Crippen molar-refractivity contribution in [2.45, 2.75) is 31.5 Å². The molecular formula is C23H27N3O5. The molecule has 1 aromatic heterocycles. The maximum Gasteiger partial charge on any atom is 0.244 e. The van der Waals surface area contributed by atoms with Gasteiger partial charge in [0, 0.05) is 25.1 Å². The number of nitrogens with zero attached hydrogens (tertiary/aromatic N) is 3. The van der Waals surface area contributed by atoms with Gasteiger partial charge in [0.1, 0.15) is 0 Å². The van der Waals surface area contributed by atoms with E-state index >= 15 is 0 Å². The van der Waals surface area contributed by atoms with Crippen molar-refractivity contribution in [3.63, 3.8) is 0 Å². The lowest BCUT2D eigenvalue weighted by Crippen LogP contribution is -2.25. The predicted molar refractivity (Wildman–Crippen MR) is 113 cm³/mol. The number of aliphatic hydroxyl groups is 1. The van der Waals surface area contributed by atoms with Crippen LogP contribution in [0.25, 0.3) is 0 Å². The topological polar surface area (TPSA) is 90.1 Å². The van der Waals surface area contributed by atoms with Crippen molar-refractivity contribution in [1.82, 2.24) is 15.0 Å². The number of likely N-dealkylation sites (tertiary alicyclic amines) is 1. The first-order valence-corrected chi connectivity index (χ1v) is 10.2. The first-order chi connectivity index (χ1) is 15.1. The quantitative estimate of drug-likeness (QED) is 0.589. The lowest BCUT2D eigenvalue weighted by molar-refractivity contribution is 0.168. The van der Waals surface area contributed by atoms with Gasteiger partial charge in [-0.3, -0.25) is 4.90 Å². The SMILES string of the molecule is COc1ccc(CN2C[C@H](O)C[C@H]2c2nc(Cc3ccccc3)no2)c(OC)c1OC. The molecule has 2 aromatic carbocycles. The minimum absolute atomic E-state index is 0.176. The second-order valence-corrected chi connectivity index (χ2v) is 7.54. The molecule has 0 bridgehead atoms. The Hall–Kier alpha value is -3.10. The Morgan fingerprint density at radius 1 is 1.03 bits per heavy atom. The molecule has 1 fully saturated rings. The highest BCUT2D eigenvalue weighted by Crippen LogP contribution is 2.42. The van der Waals surface area contributed by atoms with Gasteiger partial charge in [-0.2, -0.15) is 4.98 Å². The summed E-state index contributed by atoms with van der Waals surface area (Å²) in [5.74, 6) is 2.90. The zero-order valence-corrected chi connectivity index (χ0v) is 17.9. The molecule has 1 N–H and O–H groups in total. The Labute approximate surface area is 181 Å². The fourth-order valence-electron chi connectivity index (χ4n) is 4.07. The van der Waals surface area contributed by atoms with Crippen LogP contribution in [0.2, 0.25) is 0 Å². The molecule has 3 aromatic rings. The fraction of sp³-hybridized carbons (Fsp3) is 0.391. The molecule has 1 saturated heterocycles. The van der Waals surface area contributed by atoms with Gasteiger partial charge in [0.15, 0.2) is 17.3 Å². The number of aliphatic hydroxyl groups excluding tert-OH is 1. The molecule has 0 radical (unpaired) electrons. The summed E-state index contributed by atoms with van der Waals surface area (Å²) in [5, 5.41) is 14.5. The van der Waals surface area contributed by atoms with Crippen molar-refractivity contribution in [2.24, 2.45) is 0 Å². The van der Waals surface area contributed by atoms with Gasteiger partial charge >= 0.3 is 0 Å². The Balaban J connectivity index is 1.56. The summed E-state index contributed by atoms with van der Waals surface area (Å²) in [7, 11) is 4.77. The maximum atomic E-state index is 10.4. The van der Waals surface area contributed by atoms with Crippen molar-refractivity contribution in [2.75, 3.05) is 27.9 Å². The molecule has 164 valence electrons. The van der Waals surface area contributed by atoms with E-state index in [1.807, 2.05) is 42.5 Å². The van der Waals surface area contributed by atoms with E-state index in [1.165, 1.54) is 0 Å². The molecule has 2 atom stereocenters. The number of aromatic nitrogens is 2. The molecule has 1 aliphatic heterocycles. The third-order valence-electron chi connectivity index (χ3n) is 5.51. The molecule has 2 heterocycles. The molecule has 0 aliphatic carbocycles. The number of hydrogen-bond donors (Lipinski definition) is 1. The lowest BCUT2D eigenvalue weighted by atomic mass is 10.1. The highest BCUT2D eigenvalue weighted by Gasteiger charge is 2.36. The number of benzene rings is 2. The Morgan fingerprint density at radius 3 is 2.52 bits per heavy atom. The Kier molecular flexibility index (Phi) is 6.39. The molecule has 0 unspecified atom stereocenters. The number of hydrogen-bond acceptors (Lipinski definition) is 8. The second-order valence-electron chi connectivity index (χ2n) is 7.54. The Morgan fingerprint density at radius 2 is 1.81 bits per heavy atom. The van der Waals surface area contributed by atoms with Gasteiger partial charge in [0.05, 0.1) is 33.5 Å². The number of methoxy groups -OCH3 is 3. The molecule has 0 spiro atoms. The van der Waals surface area contributed by atoms with E-state index in [0.29, 0.717) is 54.9 Å². The largest absolute Gasteiger partial charge is 0.493 e. The summed E-state index contributed by atoms with van der Waals surface area (Å²) < 4.78 is 22.1. The third kappa shape index (κ3) is 4.50. The van der Waals surface area contributed by atoms with E-state index in [1.54, 1.807) is 21.3 Å². The first-order valence-electron chi connectivity index (χ1n) is 10.2. The smallest absolute Gasteiger partial charge is 0.244 e. The fourth-order valence-corrected chi connectivity index (χ4v) is 4.07. The van der Waals surface area contributed by atoms with Gasteiger partial charge in [0.2, 0.25) is 11.6 Å². The average Bonchev–Trinajstić information content (AvgIpc) is 3.39. The van der Waals surface area contributed by atoms with Crippen LogP contribution in [0.4, 0.5) is 0 Å². The molecule has 8 nitrogen and oxygen atoms in total. The minimum atomic E-state index is -0.472. The molecule has 4 rings (SSSR count). The van der Waals surface area contributed by atoms with E-state index in [2.05, 4.69) is 15.0 Å². The van der Waals surface area contributed by atoms with E-state index in [9.17, 15) is 5.11 Å². The van der Waals surface area contributed by atoms with E-state index < -0.39 is 6.10 Å². The van der Waals surface area contributed by atoms with Gasteiger partial charge in [-0.1, -0.05) is 41.6 Å². The van der Waals surface area contributed by atoms with Crippen LogP contribution in [-0.2, 0) is 13.0 Å². The predicted octanol–water partition coefficient (Wildman–Crippen LogP) is 2.99. The van der Waals surface area contributed by atoms with Crippen molar-refractivity contribution in [3.8, 4) is 17.2 Å². The molecule has 1 aliphatic rings. The molecule has 8 heteroatoms. The number of β-amino-alcohol motifs (C(OH)–C–C–N with tert-alkyl or cyclic N) is 1. The van der Waals surface area contributed by atoms with Crippen LogP contribution in [0.3, 0.4) is 0 Å². The molecule has 0 saturated carbocycles. The molecular weight excluding hydrogens is 398 g/mol. The van der Waals surface area contributed by atoms with E-state index in [4.69, 9.17) is 18.7 Å². The van der Waals surface area contributed by atoms with Crippen molar-refractivity contribution < 1.29 is 23.8 Å². The van der Waals surface area contributed by atoms with Crippen LogP contribution in [-0.4, -0.2) is 54.1 Å². The summed E-state index contributed by atoms with van der Waals surface area (Å²) in [6.45, 7) is 1.03. The van der Waals surface area contributed by atoms with Gasteiger partial charge in [-0.25, -0.2) is 0 Å². The number of rotatable bonds is 8. The zero-order chi connectivity index (χ0) is 21.8. The normalized spacial score (nSPS) is 18.8. The average molecular weight is 425 g/mol. The third-order valence-corrected chi connectivity index (χ3v) is 5.51. The van der Waals surface area contributed by atoms with E-state index in [-0.39, 0.29) is 6.04 Å². The highest BCUT2D eigenvalue weighted by atomic mass is 16.5.